The third-order valence-electron chi connectivity index (χ3n) is 7.88. The lowest BCUT2D eigenvalue weighted by Crippen LogP contribution is -2.62. The Balaban J connectivity index is 1.53. The van der Waals surface area contributed by atoms with E-state index in [1.165, 1.54) is 18.0 Å². The summed E-state index contributed by atoms with van der Waals surface area (Å²) in [5.41, 5.74) is 5.06. The highest BCUT2D eigenvalue weighted by Gasteiger charge is 2.58. The number of rotatable bonds is 9. The SMILES string of the molecule is COC(=O)NC(C)(C)C=Cn1ncc(C(=O)NC2C3CC4CC2CC(C(N)=O)(C4)C3)c1OCC(C)C. The van der Waals surface area contributed by atoms with Crippen LogP contribution in [0.25, 0.3) is 6.20 Å². The van der Waals surface area contributed by atoms with E-state index in [1.54, 1.807) is 12.3 Å². The van der Waals surface area contributed by atoms with Gasteiger partial charge in [0.1, 0.15) is 5.56 Å². The van der Waals surface area contributed by atoms with E-state index in [9.17, 15) is 14.4 Å². The van der Waals surface area contributed by atoms with E-state index in [2.05, 4.69) is 20.5 Å². The summed E-state index contributed by atoms with van der Waals surface area (Å²) >= 11 is 0. The summed E-state index contributed by atoms with van der Waals surface area (Å²) in [7, 11) is 1.31. The molecule has 0 radical (unpaired) electrons. The van der Waals surface area contributed by atoms with Crippen molar-refractivity contribution in [2.75, 3.05) is 13.7 Å². The number of carbonyl (C=O) groups excluding carboxylic acids is 3. The van der Waals surface area contributed by atoms with E-state index >= 15 is 0 Å². The second-order valence-electron chi connectivity index (χ2n) is 11.8. The second kappa shape index (κ2) is 9.78. The molecule has 1 aromatic rings. The molecule has 36 heavy (non-hydrogen) atoms. The molecule has 4 N–H and O–H groups in total. The number of primary amides is 1. The van der Waals surface area contributed by atoms with E-state index in [0.29, 0.717) is 24.0 Å². The van der Waals surface area contributed by atoms with Crippen LogP contribution in [0.1, 0.15) is 70.2 Å². The molecule has 10 nitrogen and oxygen atoms in total. The molecule has 1 heterocycles. The molecule has 4 aliphatic rings. The van der Waals surface area contributed by atoms with Gasteiger partial charge < -0.3 is 25.8 Å². The molecule has 0 spiro atoms. The van der Waals surface area contributed by atoms with Crippen LogP contribution in [0, 0.1) is 29.1 Å². The van der Waals surface area contributed by atoms with Crippen LogP contribution in [0.3, 0.4) is 0 Å². The van der Waals surface area contributed by atoms with Crippen molar-refractivity contribution in [3.05, 3.63) is 17.8 Å². The number of ether oxygens (including phenoxy) is 2. The first-order valence-corrected chi connectivity index (χ1v) is 12.8. The standard InChI is InChI=1S/C26H39N5O5/c1-15(2)14-36-22-19(13-28-31(22)7-6-25(3,4)30-24(34)35-5)21(32)29-20-17-8-16-9-18(20)12-26(10-16,11-17)23(27)33/h6-7,13,15-18,20H,8-12,14H2,1-5H3,(H2,27,33)(H,29,32)(H,30,34). The molecule has 5 rings (SSSR count). The summed E-state index contributed by atoms with van der Waals surface area (Å²) in [6.45, 7) is 8.11. The molecule has 2 unspecified atom stereocenters. The third-order valence-corrected chi connectivity index (χ3v) is 7.88. The van der Waals surface area contributed by atoms with Crippen molar-refractivity contribution < 1.29 is 23.9 Å². The number of methoxy groups -OCH3 is 1. The van der Waals surface area contributed by atoms with E-state index in [1.807, 2.05) is 27.7 Å². The van der Waals surface area contributed by atoms with Gasteiger partial charge in [-0.25, -0.2) is 9.48 Å². The van der Waals surface area contributed by atoms with Gasteiger partial charge in [0.05, 0.1) is 25.5 Å². The first-order valence-electron chi connectivity index (χ1n) is 12.8. The van der Waals surface area contributed by atoms with Gasteiger partial charge in [0.25, 0.3) is 5.91 Å². The number of nitrogens with two attached hydrogens (primary N) is 1. The maximum absolute atomic E-state index is 13.5. The normalized spacial score (nSPS) is 28.9. The van der Waals surface area contributed by atoms with Gasteiger partial charge in [0.15, 0.2) is 0 Å². The molecule has 4 bridgehead atoms. The lowest BCUT2D eigenvalue weighted by atomic mass is 9.47. The smallest absolute Gasteiger partial charge is 0.407 e. The Morgan fingerprint density at radius 3 is 2.50 bits per heavy atom. The van der Waals surface area contributed by atoms with Crippen LogP contribution in [0.4, 0.5) is 4.79 Å². The molecule has 4 aliphatic carbocycles. The van der Waals surface area contributed by atoms with Crippen molar-refractivity contribution in [2.45, 2.75) is 71.4 Å². The lowest BCUT2D eigenvalue weighted by molar-refractivity contribution is -0.145. The van der Waals surface area contributed by atoms with Crippen molar-refractivity contribution in [1.82, 2.24) is 20.4 Å². The third kappa shape index (κ3) is 5.22. The second-order valence-corrected chi connectivity index (χ2v) is 11.8. The van der Waals surface area contributed by atoms with Crippen molar-refractivity contribution in [2.24, 2.45) is 34.8 Å². The van der Waals surface area contributed by atoms with Gasteiger partial charge in [-0.1, -0.05) is 13.8 Å². The fourth-order valence-corrected chi connectivity index (χ4v) is 6.41. The van der Waals surface area contributed by atoms with E-state index in [4.69, 9.17) is 10.5 Å². The molecule has 3 amide bonds. The predicted molar refractivity (Wildman–Crippen MR) is 134 cm³/mol. The van der Waals surface area contributed by atoms with Crippen LogP contribution >= 0.6 is 0 Å². The number of amides is 3. The monoisotopic (exact) mass is 501 g/mol. The summed E-state index contributed by atoms with van der Waals surface area (Å²) in [5, 5.41) is 10.4. The number of nitrogens with zero attached hydrogens (tertiary/aromatic N) is 2. The quantitative estimate of drug-likeness (QED) is 0.476. The maximum atomic E-state index is 13.5. The molecular formula is C26H39N5O5. The Kier molecular flexibility index (Phi) is 7.07. The van der Waals surface area contributed by atoms with Gasteiger partial charge in [-0.3, -0.25) is 9.59 Å². The lowest BCUT2D eigenvalue weighted by Gasteiger charge is -2.58. The molecule has 1 aromatic heterocycles. The fraction of sp³-hybridized carbons (Fsp3) is 0.692. The predicted octanol–water partition coefficient (Wildman–Crippen LogP) is 2.93. The molecule has 0 aromatic carbocycles. The topological polar surface area (TPSA) is 138 Å². The average Bonchev–Trinajstić information content (AvgIpc) is 3.20. The molecular weight excluding hydrogens is 462 g/mol. The molecule has 198 valence electrons. The van der Waals surface area contributed by atoms with Gasteiger partial charge in [0, 0.05) is 17.7 Å². The zero-order chi connectivity index (χ0) is 26.3. The Bertz CT molecular complexity index is 1030. The Morgan fingerprint density at radius 1 is 1.25 bits per heavy atom. The largest absolute Gasteiger partial charge is 0.477 e. The molecule has 0 aliphatic heterocycles. The zero-order valence-electron chi connectivity index (χ0n) is 21.9. The van der Waals surface area contributed by atoms with Crippen LogP contribution in [0.15, 0.2) is 12.3 Å². The molecule has 4 saturated carbocycles. The van der Waals surface area contributed by atoms with Gasteiger partial charge in [0.2, 0.25) is 11.8 Å². The van der Waals surface area contributed by atoms with E-state index in [-0.39, 0.29) is 35.6 Å². The van der Waals surface area contributed by atoms with Crippen LogP contribution in [-0.4, -0.2) is 53.0 Å². The van der Waals surface area contributed by atoms with Crippen molar-refractivity contribution in [3.63, 3.8) is 0 Å². The van der Waals surface area contributed by atoms with Gasteiger partial charge >= 0.3 is 6.09 Å². The number of hydrogen-bond donors (Lipinski definition) is 3. The highest BCUT2D eigenvalue weighted by Crippen LogP contribution is 2.59. The van der Waals surface area contributed by atoms with Gasteiger partial charge in [-0.05, 0) is 75.7 Å². The summed E-state index contributed by atoms with van der Waals surface area (Å²) in [5.74, 6) is 1.21. The summed E-state index contributed by atoms with van der Waals surface area (Å²) in [6, 6.07) is 0.0153. The van der Waals surface area contributed by atoms with Crippen LogP contribution in [-0.2, 0) is 9.53 Å². The molecule has 10 heteroatoms. The van der Waals surface area contributed by atoms with Crippen molar-refractivity contribution >= 4 is 24.1 Å². The summed E-state index contributed by atoms with van der Waals surface area (Å²) in [6.07, 6.45) is 8.83. The molecule has 0 saturated heterocycles. The van der Waals surface area contributed by atoms with E-state index in [0.717, 1.165) is 32.1 Å². The van der Waals surface area contributed by atoms with Gasteiger partial charge in [-0.2, -0.15) is 5.10 Å². The number of nitrogens with one attached hydrogen (secondary N) is 2. The van der Waals surface area contributed by atoms with Crippen LogP contribution in [0.2, 0.25) is 0 Å². The summed E-state index contributed by atoms with van der Waals surface area (Å²) < 4.78 is 12.2. The number of carbonyl (C=O) groups is 3. The number of aromatic nitrogens is 2. The zero-order valence-corrected chi connectivity index (χ0v) is 21.9. The minimum Gasteiger partial charge on any atom is -0.477 e. The number of hydrogen-bond acceptors (Lipinski definition) is 6. The highest BCUT2D eigenvalue weighted by atomic mass is 16.5. The van der Waals surface area contributed by atoms with Crippen molar-refractivity contribution in [3.8, 4) is 5.88 Å². The maximum Gasteiger partial charge on any atom is 0.407 e. The first-order chi connectivity index (χ1) is 16.9. The molecule has 4 fully saturated rings. The van der Waals surface area contributed by atoms with Gasteiger partial charge in [-0.15, -0.1) is 0 Å². The fourth-order valence-electron chi connectivity index (χ4n) is 6.41. The average molecular weight is 502 g/mol. The van der Waals surface area contributed by atoms with Crippen molar-refractivity contribution in [1.29, 1.82) is 0 Å². The highest BCUT2D eigenvalue weighted by molar-refractivity contribution is 5.96. The van der Waals surface area contributed by atoms with Crippen LogP contribution < -0.4 is 21.1 Å². The Hall–Kier alpha value is -3.04. The first kappa shape index (κ1) is 26.0. The minimum atomic E-state index is -0.715. The molecule has 2 atom stereocenters. The van der Waals surface area contributed by atoms with Crippen LogP contribution in [0.5, 0.6) is 5.88 Å². The summed E-state index contributed by atoms with van der Waals surface area (Å²) in [4.78, 5) is 37.4. The Morgan fingerprint density at radius 2 is 1.92 bits per heavy atom. The number of alkyl carbamates (subject to hydrolysis) is 1. The minimum absolute atomic E-state index is 0.0153. The van der Waals surface area contributed by atoms with E-state index < -0.39 is 17.0 Å². The Labute approximate surface area is 212 Å².